The summed E-state index contributed by atoms with van der Waals surface area (Å²) in [6.07, 6.45) is 1.14. The maximum absolute atomic E-state index is 10.5. The summed E-state index contributed by atoms with van der Waals surface area (Å²) in [6, 6.07) is 8.48. The van der Waals surface area contributed by atoms with E-state index in [0.717, 1.165) is 23.5 Å². The maximum atomic E-state index is 10.5. The number of fused-ring (bicyclic) bond motifs is 1. The zero-order chi connectivity index (χ0) is 18.1. The summed E-state index contributed by atoms with van der Waals surface area (Å²) in [7, 11) is 0. The standard InChI is InChI=1S/C18H22N6OS/c1-11-3-2-4-13(5-11)26-9-12-6-24(8-15(12)25)7-14-16-17(23-22-14)18(19)21-10-20-16/h2-5,10,12,15,25H,6-9H2,1H3,(H,22,23)(H2,19,20,21)/t12-,15+/m0/s1. The molecule has 3 aromatic rings. The number of aryl methyl sites for hydroxylation is 1. The lowest BCUT2D eigenvalue weighted by Crippen LogP contribution is -2.21. The van der Waals surface area contributed by atoms with Gasteiger partial charge in [0.1, 0.15) is 11.8 Å². The fraction of sp³-hybridized carbons (Fsp3) is 0.389. The van der Waals surface area contributed by atoms with Crippen LogP contribution in [0, 0.1) is 12.8 Å². The van der Waals surface area contributed by atoms with Gasteiger partial charge in [-0.2, -0.15) is 5.10 Å². The first-order chi connectivity index (χ1) is 12.6. The van der Waals surface area contributed by atoms with Gasteiger partial charge in [0.15, 0.2) is 11.3 Å². The molecule has 0 unspecified atom stereocenters. The van der Waals surface area contributed by atoms with Gasteiger partial charge in [-0.05, 0) is 19.1 Å². The van der Waals surface area contributed by atoms with Crippen LogP contribution >= 0.6 is 11.8 Å². The number of nitrogens with two attached hydrogens (primary N) is 1. The van der Waals surface area contributed by atoms with Gasteiger partial charge in [0.05, 0.1) is 11.8 Å². The molecule has 0 radical (unpaired) electrons. The number of H-pyrrole nitrogens is 1. The lowest BCUT2D eigenvalue weighted by Gasteiger charge is -2.14. The molecule has 1 aliphatic heterocycles. The second-order valence-corrected chi connectivity index (χ2v) is 7.90. The number of aliphatic hydroxyl groups excluding tert-OH is 1. The summed E-state index contributed by atoms with van der Waals surface area (Å²) in [6.45, 7) is 4.26. The summed E-state index contributed by atoms with van der Waals surface area (Å²) < 4.78 is 0. The molecule has 26 heavy (non-hydrogen) atoms. The van der Waals surface area contributed by atoms with Gasteiger partial charge >= 0.3 is 0 Å². The zero-order valence-electron chi connectivity index (χ0n) is 14.6. The molecule has 0 spiro atoms. The van der Waals surface area contributed by atoms with Gasteiger partial charge in [-0.15, -0.1) is 11.8 Å². The Morgan fingerprint density at radius 3 is 3.04 bits per heavy atom. The van der Waals surface area contributed by atoms with Gasteiger partial charge in [-0.3, -0.25) is 10.00 Å². The third-order valence-corrected chi connectivity index (χ3v) is 5.94. The number of hydrogen-bond acceptors (Lipinski definition) is 7. The summed E-state index contributed by atoms with van der Waals surface area (Å²) >= 11 is 1.81. The van der Waals surface area contributed by atoms with Gasteiger partial charge in [-0.25, -0.2) is 9.97 Å². The van der Waals surface area contributed by atoms with Crippen molar-refractivity contribution in [1.29, 1.82) is 0 Å². The fourth-order valence-corrected chi connectivity index (χ4v) is 4.55. The number of β-amino-alcohol motifs (C(OH)–C–C–N with tert-alkyl or cyclic N) is 1. The largest absolute Gasteiger partial charge is 0.391 e. The van der Waals surface area contributed by atoms with Gasteiger partial charge in [0.2, 0.25) is 0 Å². The van der Waals surface area contributed by atoms with Crippen LogP contribution in [-0.2, 0) is 6.54 Å². The monoisotopic (exact) mass is 370 g/mol. The Morgan fingerprint density at radius 2 is 2.19 bits per heavy atom. The number of nitrogens with one attached hydrogen (secondary N) is 1. The van der Waals surface area contributed by atoms with E-state index in [1.54, 1.807) is 11.8 Å². The number of nitrogen functional groups attached to an aromatic ring is 1. The Bertz CT molecular complexity index is 914. The van der Waals surface area contributed by atoms with E-state index in [4.69, 9.17) is 5.73 Å². The number of thioether (sulfide) groups is 1. The quantitative estimate of drug-likeness (QED) is 0.589. The van der Waals surface area contributed by atoms with Crippen LogP contribution in [0.3, 0.4) is 0 Å². The maximum Gasteiger partial charge on any atom is 0.155 e. The third-order valence-electron chi connectivity index (χ3n) is 4.76. The van der Waals surface area contributed by atoms with Crippen LogP contribution in [0.4, 0.5) is 5.82 Å². The Labute approximate surface area is 156 Å². The van der Waals surface area contributed by atoms with Crippen LogP contribution < -0.4 is 5.73 Å². The van der Waals surface area contributed by atoms with Crippen molar-refractivity contribution in [2.45, 2.75) is 24.5 Å². The third kappa shape index (κ3) is 3.53. The predicted molar refractivity (Wildman–Crippen MR) is 103 cm³/mol. The Kier molecular flexibility index (Phi) is 4.80. The van der Waals surface area contributed by atoms with Crippen molar-refractivity contribution in [2.75, 3.05) is 24.6 Å². The number of anilines is 1. The number of aromatic nitrogens is 4. The Morgan fingerprint density at radius 1 is 1.31 bits per heavy atom. The van der Waals surface area contributed by atoms with Gasteiger partial charge in [-0.1, -0.05) is 17.7 Å². The van der Waals surface area contributed by atoms with E-state index < -0.39 is 0 Å². The van der Waals surface area contributed by atoms with Crippen molar-refractivity contribution in [3.8, 4) is 0 Å². The minimum atomic E-state index is -0.318. The van der Waals surface area contributed by atoms with Gasteiger partial charge in [0.25, 0.3) is 0 Å². The molecule has 1 fully saturated rings. The molecule has 1 aromatic carbocycles. The minimum Gasteiger partial charge on any atom is -0.391 e. The lowest BCUT2D eigenvalue weighted by atomic mass is 10.1. The number of nitrogens with zero attached hydrogens (tertiary/aromatic N) is 4. The second-order valence-electron chi connectivity index (χ2n) is 6.81. The SMILES string of the molecule is Cc1cccc(SC[C@@H]2CN(Cc3[nH]nc4c(N)ncnc34)C[C@H]2O)c1. The van der Waals surface area contributed by atoms with E-state index in [2.05, 4.69) is 56.3 Å². The average molecular weight is 370 g/mol. The summed E-state index contributed by atoms with van der Waals surface area (Å²) in [5.74, 6) is 1.53. The molecule has 1 saturated heterocycles. The molecule has 0 amide bonds. The first kappa shape index (κ1) is 17.3. The number of likely N-dealkylation sites (tertiary alicyclic amines) is 1. The van der Waals surface area contributed by atoms with Crippen molar-refractivity contribution < 1.29 is 5.11 Å². The molecule has 8 heteroatoms. The normalized spacial score (nSPS) is 20.8. The van der Waals surface area contributed by atoms with Crippen molar-refractivity contribution in [3.05, 3.63) is 41.9 Å². The van der Waals surface area contributed by atoms with E-state index in [1.807, 2.05) is 0 Å². The van der Waals surface area contributed by atoms with Crippen molar-refractivity contribution >= 4 is 28.6 Å². The molecule has 4 N–H and O–H groups in total. The highest BCUT2D eigenvalue weighted by molar-refractivity contribution is 7.99. The molecular weight excluding hydrogens is 348 g/mol. The molecule has 0 bridgehead atoms. The molecule has 136 valence electrons. The molecule has 2 aromatic heterocycles. The second kappa shape index (κ2) is 7.22. The highest BCUT2D eigenvalue weighted by atomic mass is 32.2. The molecule has 0 saturated carbocycles. The van der Waals surface area contributed by atoms with Gasteiger partial charge in [0, 0.05) is 36.2 Å². The van der Waals surface area contributed by atoms with E-state index in [9.17, 15) is 5.11 Å². The van der Waals surface area contributed by atoms with Crippen molar-refractivity contribution in [3.63, 3.8) is 0 Å². The summed E-state index contributed by atoms with van der Waals surface area (Å²) in [5.41, 5.74) is 9.37. The lowest BCUT2D eigenvalue weighted by molar-refractivity contribution is 0.149. The summed E-state index contributed by atoms with van der Waals surface area (Å²) in [5, 5.41) is 17.7. The van der Waals surface area contributed by atoms with Crippen LogP contribution in [0.2, 0.25) is 0 Å². The predicted octanol–water partition coefficient (Wildman–Crippen LogP) is 1.83. The van der Waals surface area contributed by atoms with Gasteiger partial charge < -0.3 is 10.8 Å². The van der Waals surface area contributed by atoms with E-state index in [1.165, 1.54) is 16.8 Å². The number of aromatic amines is 1. The molecule has 2 atom stereocenters. The Hall–Kier alpha value is -2.16. The van der Waals surface area contributed by atoms with Crippen LogP contribution in [0.1, 0.15) is 11.3 Å². The highest BCUT2D eigenvalue weighted by Crippen LogP contribution is 2.28. The highest BCUT2D eigenvalue weighted by Gasteiger charge is 2.31. The van der Waals surface area contributed by atoms with Crippen LogP contribution in [-0.4, -0.2) is 55.1 Å². The van der Waals surface area contributed by atoms with E-state index in [-0.39, 0.29) is 12.0 Å². The van der Waals surface area contributed by atoms with E-state index >= 15 is 0 Å². The molecule has 3 heterocycles. The molecular formula is C18H22N6OS. The van der Waals surface area contributed by atoms with Crippen molar-refractivity contribution in [2.24, 2.45) is 5.92 Å². The summed E-state index contributed by atoms with van der Waals surface area (Å²) in [4.78, 5) is 11.7. The van der Waals surface area contributed by atoms with Crippen LogP contribution in [0.5, 0.6) is 0 Å². The van der Waals surface area contributed by atoms with Crippen molar-refractivity contribution in [1.82, 2.24) is 25.1 Å². The number of aliphatic hydroxyl groups is 1. The minimum absolute atomic E-state index is 0.245. The Balaban J connectivity index is 1.39. The van der Waals surface area contributed by atoms with Crippen LogP contribution in [0.15, 0.2) is 35.5 Å². The molecule has 0 aliphatic carbocycles. The molecule has 4 rings (SSSR count). The molecule has 7 nitrogen and oxygen atoms in total. The zero-order valence-corrected chi connectivity index (χ0v) is 15.4. The topological polar surface area (TPSA) is 104 Å². The number of hydrogen-bond donors (Lipinski definition) is 3. The first-order valence-electron chi connectivity index (χ1n) is 8.63. The average Bonchev–Trinajstić information content (AvgIpc) is 3.18. The molecule has 1 aliphatic rings. The fourth-order valence-electron chi connectivity index (χ4n) is 3.38. The number of rotatable bonds is 5. The van der Waals surface area contributed by atoms with E-state index in [0.29, 0.717) is 24.4 Å². The number of benzene rings is 1. The van der Waals surface area contributed by atoms with Crippen LogP contribution in [0.25, 0.3) is 11.0 Å². The first-order valence-corrected chi connectivity index (χ1v) is 9.62. The smallest absolute Gasteiger partial charge is 0.155 e.